The molecule has 1 saturated carbocycles. The van der Waals surface area contributed by atoms with Crippen molar-refractivity contribution in [2.75, 3.05) is 6.54 Å². The number of nitrogens with two attached hydrogens (primary N) is 1. The maximum atomic E-state index is 5.68. The summed E-state index contributed by atoms with van der Waals surface area (Å²) in [4.78, 5) is 0. The molecule has 0 amide bonds. The number of aromatic nitrogens is 2. The SMILES string of the molecule is Cc1cnn(C2CCCCC2CCN)c1. The van der Waals surface area contributed by atoms with Crippen LogP contribution in [0.2, 0.25) is 0 Å². The Hall–Kier alpha value is -0.830. The molecule has 1 heterocycles. The fourth-order valence-electron chi connectivity index (χ4n) is 2.70. The van der Waals surface area contributed by atoms with Crippen LogP contribution in [0.4, 0.5) is 0 Å². The molecule has 0 aromatic carbocycles. The smallest absolute Gasteiger partial charge is 0.0547 e. The molecule has 0 radical (unpaired) electrons. The van der Waals surface area contributed by atoms with Gasteiger partial charge >= 0.3 is 0 Å². The van der Waals surface area contributed by atoms with E-state index in [0.717, 1.165) is 18.9 Å². The van der Waals surface area contributed by atoms with E-state index in [-0.39, 0.29) is 0 Å². The molecular formula is C12H21N3. The zero-order valence-electron chi connectivity index (χ0n) is 9.52. The molecule has 15 heavy (non-hydrogen) atoms. The van der Waals surface area contributed by atoms with Crippen molar-refractivity contribution < 1.29 is 0 Å². The molecule has 0 saturated heterocycles. The highest BCUT2D eigenvalue weighted by Crippen LogP contribution is 2.35. The predicted octanol–water partition coefficient (Wildman–Crippen LogP) is 2.27. The van der Waals surface area contributed by atoms with Crippen molar-refractivity contribution in [2.24, 2.45) is 11.7 Å². The van der Waals surface area contributed by atoms with Gasteiger partial charge in [0.25, 0.3) is 0 Å². The summed E-state index contributed by atoms with van der Waals surface area (Å²) in [5.74, 6) is 0.739. The zero-order valence-corrected chi connectivity index (χ0v) is 9.52. The van der Waals surface area contributed by atoms with Crippen LogP contribution in [0, 0.1) is 12.8 Å². The Bertz CT molecular complexity index is 304. The first kappa shape index (κ1) is 10.7. The maximum Gasteiger partial charge on any atom is 0.0547 e. The van der Waals surface area contributed by atoms with Crippen LogP contribution < -0.4 is 5.73 Å². The van der Waals surface area contributed by atoms with Gasteiger partial charge in [0.1, 0.15) is 0 Å². The van der Waals surface area contributed by atoms with Gasteiger partial charge in [-0.1, -0.05) is 12.8 Å². The number of aryl methyl sites for hydroxylation is 1. The predicted molar refractivity (Wildman–Crippen MR) is 61.6 cm³/mol. The second-order valence-corrected chi connectivity index (χ2v) is 4.69. The minimum atomic E-state index is 0.594. The quantitative estimate of drug-likeness (QED) is 0.826. The lowest BCUT2D eigenvalue weighted by atomic mass is 9.82. The van der Waals surface area contributed by atoms with Crippen molar-refractivity contribution >= 4 is 0 Å². The van der Waals surface area contributed by atoms with E-state index < -0.39 is 0 Å². The number of rotatable bonds is 3. The summed E-state index contributed by atoms with van der Waals surface area (Å²) in [6.07, 6.45) is 10.6. The van der Waals surface area contributed by atoms with E-state index >= 15 is 0 Å². The second kappa shape index (κ2) is 4.79. The summed E-state index contributed by atoms with van der Waals surface area (Å²) in [7, 11) is 0. The van der Waals surface area contributed by atoms with Crippen LogP contribution in [0.5, 0.6) is 0 Å². The number of hydrogen-bond donors (Lipinski definition) is 1. The van der Waals surface area contributed by atoms with Gasteiger partial charge in [-0.25, -0.2) is 0 Å². The minimum absolute atomic E-state index is 0.594. The Morgan fingerprint density at radius 1 is 1.47 bits per heavy atom. The van der Waals surface area contributed by atoms with Gasteiger partial charge < -0.3 is 5.73 Å². The van der Waals surface area contributed by atoms with Gasteiger partial charge in [-0.15, -0.1) is 0 Å². The fraction of sp³-hybridized carbons (Fsp3) is 0.750. The monoisotopic (exact) mass is 207 g/mol. The van der Waals surface area contributed by atoms with Gasteiger partial charge in [-0.2, -0.15) is 5.10 Å². The highest BCUT2D eigenvalue weighted by Gasteiger charge is 2.26. The van der Waals surface area contributed by atoms with E-state index in [1.165, 1.54) is 31.2 Å². The van der Waals surface area contributed by atoms with Gasteiger partial charge in [-0.3, -0.25) is 4.68 Å². The van der Waals surface area contributed by atoms with Crippen LogP contribution >= 0.6 is 0 Å². The molecule has 1 aliphatic carbocycles. The number of nitrogens with zero attached hydrogens (tertiary/aromatic N) is 2. The molecule has 0 spiro atoms. The van der Waals surface area contributed by atoms with E-state index in [1.54, 1.807) is 0 Å². The molecule has 2 N–H and O–H groups in total. The van der Waals surface area contributed by atoms with Gasteiger partial charge in [0.15, 0.2) is 0 Å². The van der Waals surface area contributed by atoms with E-state index in [1.807, 2.05) is 6.20 Å². The summed E-state index contributed by atoms with van der Waals surface area (Å²) < 4.78 is 2.16. The summed E-state index contributed by atoms with van der Waals surface area (Å²) in [5, 5.41) is 4.45. The molecule has 1 aliphatic rings. The van der Waals surface area contributed by atoms with Crippen molar-refractivity contribution in [3.63, 3.8) is 0 Å². The normalized spacial score (nSPS) is 26.8. The molecule has 0 bridgehead atoms. The van der Waals surface area contributed by atoms with Crippen molar-refractivity contribution in [1.82, 2.24) is 9.78 Å². The van der Waals surface area contributed by atoms with Crippen molar-refractivity contribution in [1.29, 1.82) is 0 Å². The van der Waals surface area contributed by atoms with E-state index in [0.29, 0.717) is 6.04 Å². The van der Waals surface area contributed by atoms with Crippen LogP contribution in [0.15, 0.2) is 12.4 Å². The van der Waals surface area contributed by atoms with Gasteiger partial charge in [0.2, 0.25) is 0 Å². The number of hydrogen-bond acceptors (Lipinski definition) is 2. The van der Waals surface area contributed by atoms with Gasteiger partial charge in [0.05, 0.1) is 12.2 Å². The Labute approximate surface area is 91.7 Å². The molecule has 2 unspecified atom stereocenters. The van der Waals surface area contributed by atoms with Crippen LogP contribution in [-0.4, -0.2) is 16.3 Å². The molecule has 1 aromatic heterocycles. The summed E-state index contributed by atoms with van der Waals surface area (Å²) in [5.41, 5.74) is 6.93. The Morgan fingerprint density at radius 2 is 2.27 bits per heavy atom. The molecule has 1 aromatic rings. The average molecular weight is 207 g/mol. The van der Waals surface area contributed by atoms with Crippen LogP contribution in [0.3, 0.4) is 0 Å². The Kier molecular flexibility index (Phi) is 3.41. The molecule has 2 rings (SSSR count). The van der Waals surface area contributed by atoms with Gasteiger partial charge in [0, 0.05) is 6.20 Å². The molecular weight excluding hydrogens is 186 g/mol. The van der Waals surface area contributed by atoms with E-state index in [4.69, 9.17) is 5.73 Å². The summed E-state index contributed by atoms with van der Waals surface area (Å²) >= 11 is 0. The van der Waals surface area contributed by atoms with Crippen LogP contribution in [0.1, 0.15) is 43.7 Å². The lowest BCUT2D eigenvalue weighted by molar-refractivity contribution is 0.214. The van der Waals surface area contributed by atoms with Crippen molar-refractivity contribution in [2.45, 2.75) is 45.1 Å². The molecule has 0 aliphatic heterocycles. The van der Waals surface area contributed by atoms with Gasteiger partial charge in [-0.05, 0) is 44.2 Å². The topological polar surface area (TPSA) is 43.8 Å². The van der Waals surface area contributed by atoms with Crippen LogP contribution in [0.25, 0.3) is 0 Å². The Balaban J connectivity index is 2.10. The zero-order chi connectivity index (χ0) is 10.7. The van der Waals surface area contributed by atoms with Crippen molar-refractivity contribution in [3.8, 4) is 0 Å². The van der Waals surface area contributed by atoms with Crippen molar-refractivity contribution in [3.05, 3.63) is 18.0 Å². The maximum absolute atomic E-state index is 5.68. The first-order valence-corrected chi connectivity index (χ1v) is 6.02. The highest BCUT2D eigenvalue weighted by molar-refractivity contribution is 5.01. The molecule has 84 valence electrons. The molecule has 3 heteroatoms. The standard InChI is InChI=1S/C12H21N3/c1-10-8-14-15(9-10)12-5-3-2-4-11(12)6-7-13/h8-9,11-12H,2-7,13H2,1H3. The fourth-order valence-corrected chi connectivity index (χ4v) is 2.70. The summed E-state index contributed by atoms with van der Waals surface area (Å²) in [6, 6.07) is 0.594. The minimum Gasteiger partial charge on any atom is -0.330 e. The van der Waals surface area contributed by atoms with E-state index in [2.05, 4.69) is 22.9 Å². The summed E-state index contributed by atoms with van der Waals surface area (Å²) in [6.45, 7) is 2.91. The van der Waals surface area contributed by atoms with Crippen LogP contribution in [-0.2, 0) is 0 Å². The second-order valence-electron chi connectivity index (χ2n) is 4.69. The lowest BCUT2D eigenvalue weighted by Gasteiger charge is -2.31. The molecule has 3 nitrogen and oxygen atoms in total. The largest absolute Gasteiger partial charge is 0.330 e. The first-order chi connectivity index (χ1) is 7.31. The Morgan fingerprint density at radius 3 is 2.93 bits per heavy atom. The lowest BCUT2D eigenvalue weighted by Crippen LogP contribution is -2.25. The first-order valence-electron chi connectivity index (χ1n) is 6.02. The molecule has 1 fully saturated rings. The third-order valence-electron chi connectivity index (χ3n) is 3.48. The third-order valence-corrected chi connectivity index (χ3v) is 3.48. The molecule has 2 atom stereocenters. The third kappa shape index (κ3) is 2.40. The average Bonchev–Trinajstić information content (AvgIpc) is 2.66. The highest BCUT2D eigenvalue weighted by atomic mass is 15.3. The van der Waals surface area contributed by atoms with E-state index in [9.17, 15) is 0 Å².